The number of nitrogens with zero attached hydrogens (tertiary/aromatic N) is 1. The van der Waals surface area contributed by atoms with Gasteiger partial charge in [0.05, 0.1) is 13.2 Å². The summed E-state index contributed by atoms with van der Waals surface area (Å²) in [6.45, 7) is 2.63. The lowest BCUT2D eigenvalue weighted by Gasteiger charge is -2.36. The standard InChI is InChI=1S/C12H14N2O2/c13-11-4-14(5-11)12(15)8-1-2-9-6-16-7-10(9)3-8/h1-3,11H,4-7,13H2. The van der Waals surface area contributed by atoms with Gasteiger partial charge in [0.25, 0.3) is 5.91 Å². The minimum absolute atomic E-state index is 0.0800. The van der Waals surface area contributed by atoms with Crippen LogP contribution in [-0.2, 0) is 18.0 Å². The molecule has 1 saturated heterocycles. The second-order valence-corrected chi connectivity index (χ2v) is 4.45. The summed E-state index contributed by atoms with van der Waals surface area (Å²) in [4.78, 5) is 13.8. The van der Waals surface area contributed by atoms with Gasteiger partial charge >= 0.3 is 0 Å². The van der Waals surface area contributed by atoms with E-state index in [4.69, 9.17) is 10.5 Å². The Labute approximate surface area is 94.0 Å². The number of hydrogen-bond acceptors (Lipinski definition) is 3. The molecule has 2 aliphatic heterocycles. The molecule has 0 aromatic heterocycles. The van der Waals surface area contributed by atoms with Crippen LogP contribution in [0.3, 0.4) is 0 Å². The van der Waals surface area contributed by atoms with Crippen LogP contribution in [0.1, 0.15) is 21.5 Å². The number of carbonyl (C=O) groups excluding carboxylic acids is 1. The van der Waals surface area contributed by atoms with Crippen LogP contribution in [0.2, 0.25) is 0 Å². The highest BCUT2D eigenvalue weighted by Gasteiger charge is 2.28. The molecular weight excluding hydrogens is 204 g/mol. The Bertz CT molecular complexity index is 439. The maximum Gasteiger partial charge on any atom is 0.253 e. The molecule has 1 amide bonds. The van der Waals surface area contributed by atoms with Crippen molar-refractivity contribution < 1.29 is 9.53 Å². The van der Waals surface area contributed by atoms with E-state index in [9.17, 15) is 4.79 Å². The molecule has 0 spiro atoms. The fraction of sp³-hybridized carbons (Fsp3) is 0.417. The molecule has 0 radical (unpaired) electrons. The molecule has 2 heterocycles. The van der Waals surface area contributed by atoms with Gasteiger partial charge in [-0.1, -0.05) is 6.07 Å². The van der Waals surface area contributed by atoms with Crippen LogP contribution < -0.4 is 5.73 Å². The fourth-order valence-electron chi connectivity index (χ4n) is 2.17. The van der Waals surface area contributed by atoms with E-state index in [0.717, 1.165) is 11.1 Å². The van der Waals surface area contributed by atoms with Crippen LogP contribution >= 0.6 is 0 Å². The lowest BCUT2D eigenvalue weighted by molar-refractivity contribution is 0.0608. The first-order chi connectivity index (χ1) is 7.74. The molecule has 0 bridgehead atoms. The van der Waals surface area contributed by atoms with Crippen LogP contribution in [0.25, 0.3) is 0 Å². The summed E-state index contributed by atoms with van der Waals surface area (Å²) in [5.74, 6) is 0.0800. The zero-order chi connectivity index (χ0) is 11.1. The summed E-state index contributed by atoms with van der Waals surface area (Å²) in [7, 11) is 0. The van der Waals surface area contributed by atoms with Crippen molar-refractivity contribution >= 4 is 5.91 Å². The molecule has 0 atom stereocenters. The van der Waals surface area contributed by atoms with Gasteiger partial charge in [-0.05, 0) is 23.3 Å². The van der Waals surface area contributed by atoms with Crippen LogP contribution in [-0.4, -0.2) is 29.9 Å². The van der Waals surface area contributed by atoms with E-state index in [-0.39, 0.29) is 11.9 Å². The van der Waals surface area contributed by atoms with Gasteiger partial charge in [0.1, 0.15) is 0 Å². The second kappa shape index (κ2) is 3.57. The fourth-order valence-corrected chi connectivity index (χ4v) is 2.17. The quantitative estimate of drug-likeness (QED) is 0.746. The molecule has 1 fully saturated rings. The van der Waals surface area contributed by atoms with E-state index >= 15 is 0 Å². The van der Waals surface area contributed by atoms with Gasteiger partial charge in [-0.25, -0.2) is 0 Å². The Balaban J connectivity index is 1.82. The lowest BCUT2D eigenvalue weighted by Crippen LogP contribution is -2.57. The highest BCUT2D eigenvalue weighted by Crippen LogP contribution is 2.22. The van der Waals surface area contributed by atoms with Crippen molar-refractivity contribution in [3.05, 3.63) is 34.9 Å². The molecule has 2 N–H and O–H groups in total. The average Bonchev–Trinajstić information content (AvgIpc) is 2.70. The third-order valence-electron chi connectivity index (χ3n) is 3.17. The molecule has 4 nitrogen and oxygen atoms in total. The predicted octanol–water partition coefficient (Wildman–Crippen LogP) is 0.500. The Morgan fingerprint density at radius 1 is 1.31 bits per heavy atom. The molecule has 2 aliphatic rings. The number of carbonyl (C=O) groups is 1. The smallest absolute Gasteiger partial charge is 0.253 e. The van der Waals surface area contributed by atoms with Gasteiger partial charge in [0.2, 0.25) is 0 Å². The van der Waals surface area contributed by atoms with Crippen LogP contribution in [0, 0.1) is 0 Å². The summed E-state index contributed by atoms with van der Waals surface area (Å²) >= 11 is 0. The summed E-state index contributed by atoms with van der Waals surface area (Å²) < 4.78 is 5.32. The van der Waals surface area contributed by atoms with E-state index in [0.29, 0.717) is 26.3 Å². The Morgan fingerprint density at radius 2 is 2.06 bits per heavy atom. The predicted molar refractivity (Wildman–Crippen MR) is 58.8 cm³/mol. The second-order valence-electron chi connectivity index (χ2n) is 4.45. The minimum atomic E-state index is 0.0800. The van der Waals surface area contributed by atoms with Gasteiger partial charge in [-0.3, -0.25) is 4.79 Å². The van der Waals surface area contributed by atoms with Gasteiger partial charge in [-0.2, -0.15) is 0 Å². The highest BCUT2D eigenvalue weighted by molar-refractivity contribution is 5.95. The summed E-state index contributed by atoms with van der Waals surface area (Å²) in [5, 5.41) is 0. The minimum Gasteiger partial charge on any atom is -0.372 e. The lowest BCUT2D eigenvalue weighted by atomic mass is 10.0. The number of fused-ring (bicyclic) bond motifs is 1. The number of likely N-dealkylation sites (tertiary alicyclic amines) is 1. The molecule has 1 aromatic rings. The average molecular weight is 218 g/mol. The zero-order valence-electron chi connectivity index (χ0n) is 8.98. The number of benzene rings is 1. The molecular formula is C12H14N2O2. The monoisotopic (exact) mass is 218 g/mol. The van der Waals surface area contributed by atoms with Gasteiger partial charge in [0.15, 0.2) is 0 Å². The number of hydrogen-bond donors (Lipinski definition) is 1. The SMILES string of the molecule is NC1CN(C(=O)c2ccc3c(c2)COC3)C1. The third-order valence-corrected chi connectivity index (χ3v) is 3.17. The molecule has 0 aliphatic carbocycles. The number of nitrogens with two attached hydrogens (primary N) is 1. The maximum atomic E-state index is 12.0. The van der Waals surface area contributed by atoms with Crippen molar-refractivity contribution in [3.63, 3.8) is 0 Å². The Morgan fingerprint density at radius 3 is 2.81 bits per heavy atom. The van der Waals surface area contributed by atoms with Crippen LogP contribution in [0.5, 0.6) is 0 Å². The summed E-state index contributed by atoms with van der Waals surface area (Å²) in [6, 6.07) is 5.95. The van der Waals surface area contributed by atoms with Crippen molar-refractivity contribution in [3.8, 4) is 0 Å². The molecule has 0 unspecified atom stereocenters. The van der Waals surface area contributed by atoms with Crippen molar-refractivity contribution in [2.45, 2.75) is 19.3 Å². The van der Waals surface area contributed by atoms with Gasteiger partial charge in [-0.15, -0.1) is 0 Å². The van der Waals surface area contributed by atoms with E-state index in [1.165, 1.54) is 5.56 Å². The number of amides is 1. The maximum absolute atomic E-state index is 12.0. The number of ether oxygens (including phenoxy) is 1. The molecule has 1 aromatic carbocycles. The third kappa shape index (κ3) is 1.50. The molecule has 4 heteroatoms. The van der Waals surface area contributed by atoms with E-state index in [1.54, 1.807) is 4.90 Å². The Kier molecular flexibility index (Phi) is 2.19. The number of rotatable bonds is 1. The normalized spacial score (nSPS) is 19.4. The van der Waals surface area contributed by atoms with Crippen molar-refractivity contribution in [1.29, 1.82) is 0 Å². The summed E-state index contributed by atoms with van der Waals surface area (Å²) in [6.07, 6.45) is 0. The molecule has 0 saturated carbocycles. The molecule has 3 rings (SSSR count). The van der Waals surface area contributed by atoms with Gasteiger partial charge in [0, 0.05) is 24.7 Å². The van der Waals surface area contributed by atoms with Crippen molar-refractivity contribution in [2.24, 2.45) is 5.73 Å². The van der Waals surface area contributed by atoms with Crippen LogP contribution in [0.4, 0.5) is 0 Å². The largest absolute Gasteiger partial charge is 0.372 e. The Hall–Kier alpha value is -1.39. The molecule has 84 valence electrons. The van der Waals surface area contributed by atoms with E-state index < -0.39 is 0 Å². The molecule has 16 heavy (non-hydrogen) atoms. The van der Waals surface area contributed by atoms with Crippen LogP contribution in [0.15, 0.2) is 18.2 Å². The highest BCUT2D eigenvalue weighted by atomic mass is 16.5. The first-order valence-electron chi connectivity index (χ1n) is 5.48. The van der Waals surface area contributed by atoms with Crippen molar-refractivity contribution in [1.82, 2.24) is 4.90 Å². The van der Waals surface area contributed by atoms with Gasteiger partial charge < -0.3 is 15.4 Å². The van der Waals surface area contributed by atoms with Crippen molar-refractivity contribution in [2.75, 3.05) is 13.1 Å². The first-order valence-corrected chi connectivity index (χ1v) is 5.48. The topological polar surface area (TPSA) is 55.6 Å². The first kappa shape index (κ1) is 9.81. The van der Waals surface area contributed by atoms with E-state index in [1.807, 2.05) is 18.2 Å². The van der Waals surface area contributed by atoms with E-state index in [2.05, 4.69) is 0 Å². The zero-order valence-corrected chi connectivity index (χ0v) is 8.98. The summed E-state index contributed by atoms with van der Waals surface area (Å²) in [5.41, 5.74) is 8.73.